The Hall–Kier alpha value is -2.50. The summed E-state index contributed by atoms with van der Waals surface area (Å²) in [5.74, 6) is -1.89. The number of rotatable bonds is 4. The molecule has 2 heterocycles. The number of nitrogens with one attached hydrogen (secondary N) is 1. The van der Waals surface area contributed by atoms with Gasteiger partial charge in [0.2, 0.25) is 15.9 Å². The van der Waals surface area contributed by atoms with Crippen LogP contribution in [0.3, 0.4) is 0 Å². The van der Waals surface area contributed by atoms with Crippen LogP contribution in [0.4, 0.5) is 18.9 Å². The van der Waals surface area contributed by atoms with Crippen LogP contribution in [0.25, 0.3) is 0 Å². The van der Waals surface area contributed by atoms with Gasteiger partial charge in [-0.2, -0.15) is 4.31 Å². The average Bonchev–Trinajstić information content (AvgIpc) is 3.03. The van der Waals surface area contributed by atoms with E-state index in [0.717, 1.165) is 18.2 Å². The largest absolute Gasteiger partial charge is 0.586 e. The topological polar surface area (TPSA) is 84.9 Å². The molecule has 7 nitrogen and oxygen atoms in total. The highest BCUT2D eigenvalue weighted by Crippen LogP contribution is 2.42. The van der Waals surface area contributed by atoms with E-state index in [1.165, 1.54) is 22.5 Å². The molecule has 2 aliphatic rings. The summed E-state index contributed by atoms with van der Waals surface area (Å²) in [6.45, 7) is 0.172. The highest BCUT2D eigenvalue weighted by atomic mass is 35.5. The second-order valence-electron chi connectivity index (χ2n) is 7.07. The lowest BCUT2D eigenvalue weighted by molar-refractivity contribution is -0.286. The van der Waals surface area contributed by atoms with E-state index in [-0.39, 0.29) is 58.9 Å². The number of benzene rings is 2. The fourth-order valence-corrected chi connectivity index (χ4v) is 5.16. The van der Waals surface area contributed by atoms with Gasteiger partial charge in [0.25, 0.3) is 0 Å². The lowest BCUT2D eigenvalue weighted by atomic mass is 9.97. The van der Waals surface area contributed by atoms with Crippen molar-refractivity contribution in [3.8, 4) is 11.5 Å². The van der Waals surface area contributed by atoms with Crippen molar-refractivity contribution < 1.29 is 35.9 Å². The van der Waals surface area contributed by atoms with Crippen LogP contribution in [0.15, 0.2) is 41.3 Å². The molecule has 0 atom stereocenters. The molecule has 0 spiro atoms. The van der Waals surface area contributed by atoms with Gasteiger partial charge in [-0.15, -0.1) is 8.78 Å². The Kier molecular flexibility index (Phi) is 5.52. The van der Waals surface area contributed by atoms with E-state index in [1.54, 1.807) is 0 Å². The van der Waals surface area contributed by atoms with Gasteiger partial charge >= 0.3 is 6.29 Å². The van der Waals surface area contributed by atoms with Gasteiger partial charge in [-0.25, -0.2) is 12.8 Å². The molecular weight excluding hydrogens is 461 g/mol. The highest BCUT2D eigenvalue weighted by Gasteiger charge is 2.43. The third kappa shape index (κ3) is 4.43. The molecular formula is C19H16ClF3N2O5S. The number of nitrogens with zero attached hydrogens (tertiary/aromatic N) is 1. The van der Waals surface area contributed by atoms with E-state index in [0.29, 0.717) is 0 Å². The van der Waals surface area contributed by atoms with Crippen LogP contribution < -0.4 is 14.8 Å². The summed E-state index contributed by atoms with van der Waals surface area (Å²) in [5, 5.41) is 2.33. The van der Waals surface area contributed by atoms with Gasteiger partial charge in [-0.05, 0) is 43.2 Å². The first kappa shape index (κ1) is 21.7. The molecule has 0 aliphatic carbocycles. The molecule has 1 N–H and O–H groups in total. The monoisotopic (exact) mass is 476 g/mol. The van der Waals surface area contributed by atoms with Crippen LogP contribution >= 0.6 is 11.6 Å². The minimum Gasteiger partial charge on any atom is -0.395 e. The maximum absolute atomic E-state index is 13.3. The van der Waals surface area contributed by atoms with Crippen LogP contribution in [0, 0.1) is 11.7 Å². The Morgan fingerprint density at radius 2 is 1.77 bits per heavy atom. The van der Waals surface area contributed by atoms with Crippen molar-refractivity contribution in [2.75, 3.05) is 18.4 Å². The van der Waals surface area contributed by atoms with E-state index in [9.17, 15) is 26.4 Å². The summed E-state index contributed by atoms with van der Waals surface area (Å²) >= 11 is 5.68. The van der Waals surface area contributed by atoms with Gasteiger partial charge in [-0.3, -0.25) is 4.79 Å². The molecule has 166 valence electrons. The third-order valence-corrected chi connectivity index (χ3v) is 7.21. The van der Waals surface area contributed by atoms with Crippen LogP contribution in [0.1, 0.15) is 12.8 Å². The number of ether oxygens (including phenoxy) is 2. The van der Waals surface area contributed by atoms with Crippen LogP contribution in [0.2, 0.25) is 5.02 Å². The molecule has 0 bridgehead atoms. The summed E-state index contributed by atoms with van der Waals surface area (Å²) in [5.41, 5.74) is 0.251. The fraction of sp³-hybridized carbons (Fsp3) is 0.316. The van der Waals surface area contributed by atoms with Gasteiger partial charge in [-0.1, -0.05) is 11.6 Å². The smallest absolute Gasteiger partial charge is 0.395 e. The Bertz CT molecular complexity index is 1140. The number of hydrogen-bond donors (Lipinski definition) is 1. The predicted molar refractivity (Wildman–Crippen MR) is 104 cm³/mol. The first-order chi connectivity index (χ1) is 14.5. The Morgan fingerprint density at radius 3 is 2.45 bits per heavy atom. The number of anilines is 1. The molecule has 0 radical (unpaired) electrons. The normalized spacial score (nSPS) is 18.7. The Morgan fingerprint density at radius 1 is 1.10 bits per heavy atom. The first-order valence-corrected chi connectivity index (χ1v) is 11.0. The van der Waals surface area contributed by atoms with Crippen LogP contribution in [-0.2, 0) is 14.8 Å². The summed E-state index contributed by atoms with van der Waals surface area (Å²) in [4.78, 5) is 12.4. The maximum Gasteiger partial charge on any atom is 0.586 e. The molecule has 1 fully saturated rings. The summed E-state index contributed by atoms with van der Waals surface area (Å²) in [7, 11) is -3.88. The van der Waals surface area contributed by atoms with Gasteiger partial charge in [0.1, 0.15) is 5.82 Å². The second-order valence-corrected chi connectivity index (χ2v) is 9.42. The molecule has 0 aromatic heterocycles. The number of hydrogen-bond acceptors (Lipinski definition) is 5. The van der Waals surface area contributed by atoms with E-state index >= 15 is 0 Å². The molecule has 1 amide bonds. The lowest BCUT2D eigenvalue weighted by Gasteiger charge is -2.30. The van der Waals surface area contributed by atoms with Crippen molar-refractivity contribution >= 4 is 33.2 Å². The molecule has 31 heavy (non-hydrogen) atoms. The van der Waals surface area contributed by atoms with Crippen LogP contribution in [-0.4, -0.2) is 38.0 Å². The number of carbonyl (C=O) groups is 1. The van der Waals surface area contributed by atoms with Crippen molar-refractivity contribution in [1.82, 2.24) is 4.31 Å². The fourth-order valence-electron chi connectivity index (χ4n) is 3.42. The number of halogens is 4. The van der Waals surface area contributed by atoms with Gasteiger partial charge in [0.05, 0.1) is 9.92 Å². The zero-order chi connectivity index (χ0) is 22.4. The number of sulfonamides is 1. The average molecular weight is 477 g/mol. The second kappa shape index (κ2) is 7.88. The summed E-state index contributed by atoms with van der Waals surface area (Å²) in [6, 6.07) is 7.06. The zero-order valence-electron chi connectivity index (χ0n) is 15.8. The van der Waals surface area contributed by atoms with Crippen LogP contribution in [0.5, 0.6) is 11.5 Å². The number of amides is 1. The van der Waals surface area contributed by atoms with Gasteiger partial charge < -0.3 is 14.8 Å². The van der Waals surface area contributed by atoms with Gasteiger partial charge in [0, 0.05) is 30.8 Å². The molecule has 2 aliphatic heterocycles. The van der Waals surface area contributed by atoms with E-state index in [2.05, 4.69) is 14.8 Å². The minimum atomic E-state index is -3.88. The molecule has 2 aromatic carbocycles. The highest BCUT2D eigenvalue weighted by molar-refractivity contribution is 7.89. The van der Waals surface area contributed by atoms with Crippen molar-refractivity contribution in [2.24, 2.45) is 5.92 Å². The van der Waals surface area contributed by atoms with Crippen molar-refractivity contribution in [3.63, 3.8) is 0 Å². The summed E-state index contributed by atoms with van der Waals surface area (Å²) < 4.78 is 74.9. The van der Waals surface area contributed by atoms with Gasteiger partial charge in [0.15, 0.2) is 11.5 Å². The molecule has 0 saturated carbocycles. The minimum absolute atomic E-state index is 0.0861. The Labute approximate surface area is 180 Å². The third-order valence-electron chi connectivity index (χ3n) is 5.02. The molecule has 12 heteroatoms. The Balaban J connectivity index is 1.38. The predicted octanol–water partition coefficient (Wildman–Crippen LogP) is 3.84. The first-order valence-electron chi connectivity index (χ1n) is 9.21. The number of carbonyl (C=O) groups excluding carboxylic acids is 1. The van der Waals surface area contributed by atoms with Crippen molar-refractivity contribution in [1.29, 1.82) is 0 Å². The standard InChI is InChI=1S/C19H16ClF3N2O5S/c20-14-10-13(2-3-15(14)21)31(27,28)25-7-5-11(6-8-25)18(26)24-12-1-4-16-17(9-12)30-19(22,23)29-16/h1-4,9-11H,5-8H2,(H,24,26). The molecule has 1 saturated heterocycles. The maximum atomic E-state index is 13.3. The van der Waals surface area contributed by atoms with E-state index < -0.39 is 28.1 Å². The quantitative estimate of drug-likeness (QED) is 0.724. The molecule has 2 aromatic rings. The number of alkyl halides is 2. The summed E-state index contributed by atoms with van der Waals surface area (Å²) in [6.07, 6.45) is -3.25. The number of fused-ring (bicyclic) bond motifs is 1. The molecule has 4 rings (SSSR count). The number of piperidine rings is 1. The lowest BCUT2D eigenvalue weighted by Crippen LogP contribution is -2.41. The SMILES string of the molecule is O=C(Nc1ccc2c(c1)OC(F)(F)O2)C1CCN(S(=O)(=O)c2ccc(F)c(Cl)c2)CC1. The van der Waals surface area contributed by atoms with Crippen molar-refractivity contribution in [2.45, 2.75) is 24.0 Å². The van der Waals surface area contributed by atoms with E-state index in [4.69, 9.17) is 11.6 Å². The van der Waals surface area contributed by atoms with Crippen molar-refractivity contribution in [3.05, 3.63) is 47.2 Å². The zero-order valence-corrected chi connectivity index (χ0v) is 17.4. The van der Waals surface area contributed by atoms with E-state index in [1.807, 2.05) is 0 Å². The molecule has 0 unspecified atom stereocenters.